The van der Waals surface area contributed by atoms with Gasteiger partial charge in [-0.15, -0.1) is 0 Å². The molecule has 0 aromatic heterocycles. The van der Waals surface area contributed by atoms with Crippen molar-refractivity contribution >= 4 is 29.3 Å². The molecule has 3 rings (SSSR count). The smallest absolute Gasteiger partial charge is 0.266 e. The van der Waals surface area contributed by atoms with Crippen molar-refractivity contribution in [2.45, 2.75) is 20.8 Å². The molecule has 0 aliphatic rings. The Kier molecular flexibility index (Phi) is 7.61. The molecule has 6 heteroatoms. The van der Waals surface area contributed by atoms with E-state index in [9.17, 15) is 14.9 Å². The molecule has 0 spiro atoms. The maximum absolute atomic E-state index is 12.7. The number of rotatable bonds is 7. The lowest BCUT2D eigenvalue weighted by molar-refractivity contribution is -0.118. The lowest BCUT2D eigenvalue weighted by Crippen LogP contribution is -2.21. The van der Waals surface area contributed by atoms with Gasteiger partial charge in [-0.3, -0.25) is 9.59 Å². The first-order valence-corrected chi connectivity index (χ1v) is 10.5. The van der Waals surface area contributed by atoms with E-state index in [1.165, 1.54) is 6.08 Å². The number of nitrogens with one attached hydrogen (secondary N) is 2. The molecule has 2 amide bonds. The van der Waals surface area contributed by atoms with E-state index in [0.717, 1.165) is 16.7 Å². The van der Waals surface area contributed by atoms with E-state index >= 15 is 0 Å². The first kappa shape index (κ1) is 23.3. The molecule has 0 bridgehead atoms. The second-order valence-corrected chi connectivity index (χ2v) is 7.56. The van der Waals surface area contributed by atoms with Crippen LogP contribution >= 0.6 is 0 Å². The fraction of sp³-hybridized carbons (Fsp3) is 0.148. The predicted octanol–water partition coefficient (Wildman–Crippen LogP) is 5.18. The molecule has 6 nitrogen and oxygen atoms in total. The zero-order valence-corrected chi connectivity index (χ0v) is 18.8. The van der Waals surface area contributed by atoms with E-state index in [1.807, 2.05) is 63.2 Å². The molecule has 0 atom stereocenters. The molecule has 3 aromatic carbocycles. The van der Waals surface area contributed by atoms with Crippen LogP contribution in [0.15, 0.2) is 72.3 Å². The van der Waals surface area contributed by atoms with Gasteiger partial charge in [0.15, 0.2) is 6.61 Å². The van der Waals surface area contributed by atoms with Gasteiger partial charge in [-0.1, -0.05) is 48.5 Å². The predicted molar refractivity (Wildman–Crippen MR) is 130 cm³/mol. The number of carbonyl (C=O) groups is 2. The van der Waals surface area contributed by atoms with Crippen LogP contribution in [0, 0.1) is 32.1 Å². The van der Waals surface area contributed by atoms with Crippen LogP contribution in [-0.4, -0.2) is 18.4 Å². The fourth-order valence-electron chi connectivity index (χ4n) is 3.15. The van der Waals surface area contributed by atoms with Crippen LogP contribution in [0.25, 0.3) is 6.08 Å². The summed E-state index contributed by atoms with van der Waals surface area (Å²) in [7, 11) is 0. The zero-order valence-electron chi connectivity index (χ0n) is 18.8. The third-order valence-electron chi connectivity index (χ3n) is 5.21. The number of benzene rings is 3. The van der Waals surface area contributed by atoms with Gasteiger partial charge in [0.25, 0.3) is 11.8 Å². The number of nitriles is 1. The number of hydrogen-bond donors (Lipinski definition) is 2. The first-order valence-electron chi connectivity index (χ1n) is 10.5. The lowest BCUT2D eigenvalue weighted by Gasteiger charge is -2.12. The first-order chi connectivity index (χ1) is 15.9. The van der Waals surface area contributed by atoms with Crippen molar-refractivity contribution in [2.24, 2.45) is 0 Å². The van der Waals surface area contributed by atoms with Crippen molar-refractivity contribution in [3.63, 3.8) is 0 Å². The van der Waals surface area contributed by atoms with Gasteiger partial charge in [-0.25, -0.2) is 0 Å². The molecule has 0 aliphatic heterocycles. The van der Waals surface area contributed by atoms with Crippen LogP contribution in [0.3, 0.4) is 0 Å². The zero-order chi connectivity index (χ0) is 23.8. The molecule has 3 aromatic rings. The third kappa shape index (κ3) is 6.08. The number of para-hydroxylation sites is 2. The highest BCUT2D eigenvalue weighted by Gasteiger charge is 2.13. The highest BCUT2D eigenvalue weighted by molar-refractivity contribution is 6.10. The molecule has 0 aliphatic carbocycles. The highest BCUT2D eigenvalue weighted by atomic mass is 16.5. The van der Waals surface area contributed by atoms with Crippen molar-refractivity contribution in [2.75, 3.05) is 17.2 Å². The third-order valence-corrected chi connectivity index (χ3v) is 5.21. The maximum Gasteiger partial charge on any atom is 0.266 e. The molecule has 166 valence electrons. The second-order valence-electron chi connectivity index (χ2n) is 7.56. The van der Waals surface area contributed by atoms with Gasteiger partial charge in [0.2, 0.25) is 0 Å². The standard InChI is InChI=1S/C27H25N3O3/c1-18-10-8-13-24(20(18)3)30-27(32)22(16-28)15-21-11-5-7-14-25(21)33-17-26(31)29-23-12-6-4-9-19(23)2/h4-15H,17H2,1-3H3,(H,29,31)(H,30,32)/b22-15-. The van der Waals surface area contributed by atoms with E-state index in [-0.39, 0.29) is 18.1 Å². The molecule has 0 radical (unpaired) electrons. The summed E-state index contributed by atoms with van der Waals surface area (Å²) >= 11 is 0. The summed E-state index contributed by atoms with van der Waals surface area (Å²) in [4.78, 5) is 25.0. The van der Waals surface area contributed by atoms with E-state index < -0.39 is 5.91 Å². The van der Waals surface area contributed by atoms with Gasteiger partial charge in [0, 0.05) is 16.9 Å². The topological polar surface area (TPSA) is 91.2 Å². The summed E-state index contributed by atoms with van der Waals surface area (Å²) in [5.74, 6) is -0.431. The quantitative estimate of drug-likeness (QED) is 0.392. The van der Waals surface area contributed by atoms with E-state index in [4.69, 9.17) is 4.74 Å². The maximum atomic E-state index is 12.7. The number of aryl methyl sites for hydroxylation is 2. The van der Waals surface area contributed by atoms with Crippen LogP contribution in [-0.2, 0) is 9.59 Å². The Morgan fingerprint density at radius 2 is 1.55 bits per heavy atom. The minimum absolute atomic E-state index is 0.0729. The molecule has 2 N–H and O–H groups in total. The minimum Gasteiger partial charge on any atom is -0.483 e. The molecule has 0 heterocycles. The van der Waals surface area contributed by atoms with Gasteiger partial charge < -0.3 is 15.4 Å². The molecule has 0 saturated heterocycles. The lowest BCUT2D eigenvalue weighted by atomic mass is 10.1. The van der Waals surface area contributed by atoms with E-state index in [1.54, 1.807) is 30.3 Å². The van der Waals surface area contributed by atoms with E-state index in [2.05, 4.69) is 10.6 Å². The summed E-state index contributed by atoms with van der Waals surface area (Å²) < 4.78 is 5.69. The summed E-state index contributed by atoms with van der Waals surface area (Å²) in [6, 6.07) is 21.9. The van der Waals surface area contributed by atoms with Crippen LogP contribution in [0.4, 0.5) is 11.4 Å². The monoisotopic (exact) mass is 439 g/mol. The Labute approximate surface area is 193 Å². The van der Waals surface area contributed by atoms with Gasteiger partial charge >= 0.3 is 0 Å². The Morgan fingerprint density at radius 3 is 2.30 bits per heavy atom. The van der Waals surface area contributed by atoms with E-state index in [0.29, 0.717) is 22.7 Å². The number of anilines is 2. The number of hydrogen-bond acceptors (Lipinski definition) is 4. The van der Waals surface area contributed by atoms with Crippen LogP contribution in [0.5, 0.6) is 5.75 Å². The molecule has 0 unspecified atom stereocenters. The Balaban J connectivity index is 1.73. The van der Waals surface area contributed by atoms with Gasteiger partial charge in [-0.05, 0) is 61.7 Å². The number of amides is 2. The molecular formula is C27H25N3O3. The Morgan fingerprint density at radius 1 is 0.879 bits per heavy atom. The van der Waals surface area contributed by atoms with Gasteiger partial charge in [0.05, 0.1) is 0 Å². The average Bonchev–Trinajstić information content (AvgIpc) is 2.81. The van der Waals surface area contributed by atoms with Crippen molar-refractivity contribution in [3.05, 3.63) is 94.6 Å². The largest absolute Gasteiger partial charge is 0.483 e. The number of nitrogens with zero attached hydrogens (tertiary/aromatic N) is 1. The molecular weight excluding hydrogens is 414 g/mol. The normalized spacial score (nSPS) is 10.8. The van der Waals surface area contributed by atoms with Crippen LogP contribution in [0.2, 0.25) is 0 Å². The summed E-state index contributed by atoms with van der Waals surface area (Å²) in [6.45, 7) is 5.56. The average molecular weight is 440 g/mol. The number of ether oxygens (including phenoxy) is 1. The molecule has 0 fully saturated rings. The summed E-state index contributed by atoms with van der Waals surface area (Å²) in [5.41, 5.74) is 4.74. The second kappa shape index (κ2) is 10.8. The molecule has 0 saturated carbocycles. The number of carbonyl (C=O) groups excluding carboxylic acids is 2. The fourth-order valence-corrected chi connectivity index (χ4v) is 3.15. The van der Waals surface area contributed by atoms with Crippen molar-refractivity contribution in [3.8, 4) is 11.8 Å². The Bertz CT molecular complexity index is 1260. The van der Waals surface area contributed by atoms with Gasteiger partial charge in [0.1, 0.15) is 17.4 Å². The SMILES string of the molecule is Cc1ccccc1NC(=O)COc1ccccc1/C=C(/C#N)C(=O)Nc1cccc(C)c1C. The van der Waals surface area contributed by atoms with Crippen LogP contribution in [0.1, 0.15) is 22.3 Å². The van der Waals surface area contributed by atoms with Gasteiger partial charge in [-0.2, -0.15) is 5.26 Å². The Hall–Kier alpha value is -4.37. The summed E-state index contributed by atoms with van der Waals surface area (Å²) in [6.07, 6.45) is 1.45. The van der Waals surface area contributed by atoms with Crippen LogP contribution < -0.4 is 15.4 Å². The highest BCUT2D eigenvalue weighted by Crippen LogP contribution is 2.23. The van der Waals surface area contributed by atoms with Crippen molar-refractivity contribution in [1.29, 1.82) is 5.26 Å². The van der Waals surface area contributed by atoms with Crippen molar-refractivity contribution in [1.82, 2.24) is 0 Å². The summed E-state index contributed by atoms with van der Waals surface area (Å²) in [5, 5.41) is 15.2. The van der Waals surface area contributed by atoms with Crippen molar-refractivity contribution < 1.29 is 14.3 Å². The minimum atomic E-state index is -0.515. The molecule has 33 heavy (non-hydrogen) atoms.